The summed E-state index contributed by atoms with van der Waals surface area (Å²) < 4.78 is 0. The second-order valence-electron chi connectivity index (χ2n) is 6.81. The molecule has 2 rings (SSSR count). The molecular formula is C22H27Cl3N2O. The molecule has 0 aromatic heterocycles. The number of anilines is 1. The molecule has 0 spiro atoms. The zero-order valence-electron chi connectivity index (χ0n) is 16.2. The molecule has 1 N–H and O–H groups in total. The van der Waals surface area contributed by atoms with Crippen LogP contribution >= 0.6 is 34.8 Å². The number of carbonyl (C=O) groups excluding carboxylic acids is 1. The van der Waals surface area contributed by atoms with Gasteiger partial charge in [-0.2, -0.15) is 0 Å². The van der Waals surface area contributed by atoms with Crippen LogP contribution in [0.15, 0.2) is 42.5 Å². The van der Waals surface area contributed by atoms with Gasteiger partial charge in [-0.1, -0.05) is 97.7 Å². The lowest BCUT2D eigenvalue weighted by atomic mass is 10.1. The Balaban J connectivity index is 2.01. The van der Waals surface area contributed by atoms with Crippen LogP contribution in [-0.2, 0) is 6.42 Å². The van der Waals surface area contributed by atoms with Crippen molar-refractivity contribution in [2.75, 3.05) is 18.4 Å². The molecule has 2 aromatic rings. The Kier molecular flexibility index (Phi) is 9.97. The van der Waals surface area contributed by atoms with Gasteiger partial charge in [0, 0.05) is 13.1 Å². The molecule has 0 fully saturated rings. The average Bonchev–Trinajstić information content (AvgIpc) is 2.69. The zero-order chi connectivity index (χ0) is 20.4. The lowest BCUT2D eigenvalue weighted by Gasteiger charge is -2.24. The van der Waals surface area contributed by atoms with E-state index in [0.717, 1.165) is 19.3 Å². The van der Waals surface area contributed by atoms with Gasteiger partial charge in [0.25, 0.3) is 0 Å². The summed E-state index contributed by atoms with van der Waals surface area (Å²) >= 11 is 18.2. The highest BCUT2D eigenvalue weighted by Gasteiger charge is 2.16. The van der Waals surface area contributed by atoms with E-state index in [1.807, 2.05) is 23.1 Å². The van der Waals surface area contributed by atoms with Gasteiger partial charge < -0.3 is 10.2 Å². The van der Waals surface area contributed by atoms with Gasteiger partial charge in [0.1, 0.15) is 0 Å². The highest BCUT2D eigenvalue weighted by Crippen LogP contribution is 2.32. The molecule has 0 saturated carbocycles. The third-order valence-corrected chi connectivity index (χ3v) is 5.62. The molecule has 2 amide bonds. The maximum atomic E-state index is 12.9. The van der Waals surface area contributed by atoms with Gasteiger partial charge in [0.05, 0.1) is 20.8 Å². The van der Waals surface area contributed by atoms with E-state index in [0.29, 0.717) is 33.8 Å². The Morgan fingerprint density at radius 3 is 2.29 bits per heavy atom. The van der Waals surface area contributed by atoms with Crippen molar-refractivity contribution in [3.63, 3.8) is 0 Å². The van der Waals surface area contributed by atoms with Crippen LogP contribution in [0.25, 0.3) is 0 Å². The van der Waals surface area contributed by atoms with E-state index in [2.05, 4.69) is 24.4 Å². The highest BCUT2D eigenvalue weighted by atomic mass is 35.5. The first-order valence-corrected chi connectivity index (χ1v) is 10.9. The molecule has 152 valence electrons. The number of halogens is 3. The van der Waals surface area contributed by atoms with Crippen LogP contribution < -0.4 is 5.32 Å². The lowest BCUT2D eigenvalue weighted by Crippen LogP contribution is -2.37. The van der Waals surface area contributed by atoms with Crippen LogP contribution in [0.2, 0.25) is 15.1 Å². The molecule has 0 bridgehead atoms. The Morgan fingerprint density at radius 2 is 1.57 bits per heavy atom. The average molecular weight is 442 g/mol. The van der Waals surface area contributed by atoms with Crippen molar-refractivity contribution in [1.82, 2.24) is 4.90 Å². The Labute approximate surface area is 183 Å². The Hall–Kier alpha value is -1.42. The van der Waals surface area contributed by atoms with E-state index in [1.165, 1.54) is 24.8 Å². The van der Waals surface area contributed by atoms with E-state index in [-0.39, 0.29) is 6.03 Å². The Morgan fingerprint density at radius 1 is 0.893 bits per heavy atom. The smallest absolute Gasteiger partial charge is 0.321 e. The van der Waals surface area contributed by atoms with Crippen molar-refractivity contribution >= 4 is 46.5 Å². The van der Waals surface area contributed by atoms with Crippen LogP contribution in [0.3, 0.4) is 0 Å². The number of hydrogen-bond acceptors (Lipinski definition) is 1. The Bertz CT molecular complexity index is 753. The molecule has 0 atom stereocenters. The van der Waals surface area contributed by atoms with Gasteiger partial charge in [-0.3, -0.25) is 0 Å². The molecule has 0 aliphatic carbocycles. The molecule has 0 saturated heterocycles. The van der Waals surface area contributed by atoms with E-state index >= 15 is 0 Å². The zero-order valence-corrected chi connectivity index (χ0v) is 18.5. The summed E-state index contributed by atoms with van der Waals surface area (Å²) in [5, 5.41) is 3.97. The maximum absolute atomic E-state index is 12.9. The summed E-state index contributed by atoms with van der Waals surface area (Å²) in [4.78, 5) is 14.7. The lowest BCUT2D eigenvalue weighted by molar-refractivity contribution is 0.211. The number of carbonyl (C=O) groups is 1. The van der Waals surface area contributed by atoms with Gasteiger partial charge in [0.15, 0.2) is 0 Å². The van der Waals surface area contributed by atoms with Crippen LogP contribution in [-0.4, -0.2) is 24.0 Å². The number of hydrogen-bond donors (Lipinski definition) is 1. The number of benzene rings is 2. The topological polar surface area (TPSA) is 32.3 Å². The fourth-order valence-corrected chi connectivity index (χ4v) is 3.54. The van der Waals surface area contributed by atoms with Crippen molar-refractivity contribution < 1.29 is 4.79 Å². The first kappa shape index (κ1) is 22.9. The number of amides is 2. The number of nitrogens with one attached hydrogen (secondary N) is 1. The van der Waals surface area contributed by atoms with E-state index in [4.69, 9.17) is 34.8 Å². The second kappa shape index (κ2) is 12.2. The number of urea groups is 1. The first-order chi connectivity index (χ1) is 13.5. The largest absolute Gasteiger partial charge is 0.324 e. The summed E-state index contributed by atoms with van der Waals surface area (Å²) in [5.41, 5.74) is 1.68. The fourth-order valence-electron chi connectivity index (χ4n) is 2.94. The second-order valence-corrected chi connectivity index (χ2v) is 8.03. The molecule has 0 aliphatic rings. The molecule has 0 unspecified atom stereocenters. The molecule has 0 heterocycles. The molecule has 3 nitrogen and oxygen atoms in total. The predicted molar refractivity (Wildman–Crippen MR) is 121 cm³/mol. The number of rotatable bonds is 10. The summed E-state index contributed by atoms with van der Waals surface area (Å²) in [6.07, 6.45) is 6.54. The van der Waals surface area contributed by atoms with E-state index in [1.54, 1.807) is 12.1 Å². The quantitative estimate of drug-likeness (QED) is 0.297. The third kappa shape index (κ3) is 7.54. The maximum Gasteiger partial charge on any atom is 0.321 e. The monoisotopic (exact) mass is 440 g/mol. The molecule has 0 aliphatic heterocycles. The number of unbranched alkanes of at least 4 members (excludes halogenated alkanes) is 4. The van der Waals surface area contributed by atoms with Crippen LogP contribution in [0.5, 0.6) is 0 Å². The summed E-state index contributed by atoms with van der Waals surface area (Å²) in [5.74, 6) is 0. The predicted octanol–water partition coefficient (Wildman–Crippen LogP) is 7.69. The SMILES string of the molecule is CCCCCCCN(CCc1ccccc1)C(=O)Nc1cc(Cl)c(Cl)cc1Cl. The van der Waals surface area contributed by atoms with Crippen LogP contribution in [0, 0.1) is 0 Å². The molecule has 2 aromatic carbocycles. The summed E-state index contributed by atoms with van der Waals surface area (Å²) in [6.45, 7) is 3.55. The van der Waals surface area contributed by atoms with E-state index in [9.17, 15) is 4.79 Å². The molecule has 6 heteroatoms. The molecular weight excluding hydrogens is 415 g/mol. The van der Waals surface area contributed by atoms with Gasteiger partial charge in [-0.15, -0.1) is 0 Å². The van der Waals surface area contributed by atoms with Crippen molar-refractivity contribution in [3.8, 4) is 0 Å². The van der Waals surface area contributed by atoms with Crippen molar-refractivity contribution in [3.05, 3.63) is 63.1 Å². The number of nitrogens with zero attached hydrogens (tertiary/aromatic N) is 1. The third-order valence-electron chi connectivity index (χ3n) is 4.58. The van der Waals surface area contributed by atoms with Gasteiger partial charge in [-0.05, 0) is 30.5 Å². The minimum absolute atomic E-state index is 0.174. The fraction of sp³-hybridized carbons (Fsp3) is 0.409. The van der Waals surface area contributed by atoms with Crippen molar-refractivity contribution in [1.29, 1.82) is 0 Å². The molecule has 28 heavy (non-hydrogen) atoms. The van der Waals surface area contributed by atoms with E-state index < -0.39 is 0 Å². The van der Waals surface area contributed by atoms with Crippen molar-refractivity contribution in [2.24, 2.45) is 0 Å². The standard InChI is InChI=1S/C22H27Cl3N2O/c1-2-3-4-5-9-13-27(14-12-17-10-7-6-8-11-17)22(28)26-21-16-19(24)18(23)15-20(21)25/h6-8,10-11,15-16H,2-5,9,12-14H2,1H3,(H,26,28). The molecule has 0 radical (unpaired) electrons. The van der Waals surface area contributed by atoms with Gasteiger partial charge in [0.2, 0.25) is 0 Å². The van der Waals surface area contributed by atoms with Crippen LogP contribution in [0.1, 0.15) is 44.6 Å². The van der Waals surface area contributed by atoms with Crippen molar-refractivity contribution in [2.45, 2.75) is 45.4 Å². The summed E-state index contributed by atoms with van der Waals surface area (Å²) in [6, 6.07) is 13.1. The first-order valence-electron chi connectivity index (χ1n) is 9.75. The van der Waals surface area contributed by atoms with Gasteiger partial charge in [-0.25, -0.2) is 4.79 Å². The summed E-state index contributed by atoms with van der Waals surface area (Å²) in [7, 11) is 0. The van der Waals surface area contributed by atoms with Gasteiger partial charge >= 0.3 is 6.03 Å². The minimum atomic E-state index is -0.174. The van der Waals surface area contributed by atoms with Crippen LogP contribution in [0.4, 0.5) is 10.5 Å². The minimum Gasteiger partial charge on any atom is -0.324 e. The normalized spacial score (nSPS) is 10.7. The highest BCUT2D eigenvalue weighted by molar-refractivity contribution is 6.44.